The predicted octanol–water partition coefficient (Wildman–Crippen LogP) is 2.40. The number of nitrogens with one attached hydrogen (secondary N) is 1. The minimum absolute atomic E-state index is 0.0484. The molecule has 7 nitrogen and oxygen atoms in total. The zero-order valence-corrected chi connectivity index (χ0v) is 14.9. The largest absolute Gasteiger partial charge is 0.368 e. The van der Waals surface area contributed by atoms with Crippen molar-refractivity contribution in [3.63, 3.8) is 0 Å². The molecule has 25 heavy (non-hydrogen) atoms. The van der Waals surface area contributed by atoms with Gasteiger partial charge in [0.25, 0.3) is 0 Å². The number of aryl methyl sites for hydroxylation is 1. The molecular formula is C18H24N4O3. The first kappa shape index (κ1) is 17.5. The van der Waals surface area contributed by atoms with E-state index in [0.717, 1.165) is 35.6 Å². The van der Waals surface area contributed by atoms with Crippen molar-refractivity contribution < 1.29 is 14.1 Å². The van der Waals surface area contributed by atoms with Crippen molar-refractivity contribution in [1.29, 1.82) is 0 Å². The first-order chi connectivity index (χ1) is 12.0. The molecule has 0 spiro atoms. The lowest BCUT2D eigenvalue weighted by molar-refractivity contribution is -0.129. The van der Waals surface area contributed by atoms with Crippen LogP contribution < -0.4 is 5.32 Å². The summed E-state index contributed by atoms with van der Waals surface area (Å²) in [4.78, 5) is 21.2. The molecule has 3 heterocycles. The van der Waals surface area contributed by atoms with E-state index in [1.165, 1.54) is 0 Å². The summed E-state index contributed by atoms with van der Waals surface area (Å²) in [6, 6.07) is 1.86. The molecule has 0 bridgehead atoms. The molecule has 1 amide bonds. The highest BCUT2D eigenvalue weighted by molar-refractivity contribution is 5.80. The van der Waals surface area contributed by atoms with Crippen LogP contribution in [0, 0.1) is 6.92 Å². The SMILES string of the molecule is Cc1cc(-c2cnc(C(C)C)nc2CCNC(=O)[C@@H]2CCCO2)on1. The summed E-state index contributed by atoms with van der Waals surface area (Å²) in [7, 11) is 0. The van der Waals surface area contributed by atoms with E-state index >= 15 is 0 Å². The normalized spacial score (nSPS) is 17.2. The van der Waals surface area contributed by atoms with Gasteiger partial charge in [-0.3, -0.25) is 4.79 Å². The Morgan fingerprint density at radius 3 is 2.92 bits per heavy atom. The quantitative estimate of drug-likeness (QED) is 0.865. The molecule has 3 rings (SSSR count). The molecule has 1 saturated heterocycles. The topological polar surface area (TPSA) is 90.1 Å². The first-order valence-corrected chi connectivity index (χ1v) is 8.73. The van der Waals surface area contributed by atoms with E-state index in [9.17, 15) is 4.79 Å². The van der Waals surface area contributed by atoms with Crippen molar-refractivity contribution in [2.75, 3.05) is 13.2 Å². The van der Waals surface area contributed by atoms with Gasteiger partial charge in [0.1, 0.15) is 11.9 Å². The standard InChI is InChI=1S/C18H24N4O3/c1-11(2)17-20-10-13(16-9-12(3)22-25-16)14(21-17)6-7-19-18(23)15-5-4-8-24-15/h9-11,15H,4-8H2,1-3H3,(H,19,23)/t15-/m0/s1. The fraction of sp³-hybridized carbons (Fsp3) is 0.556. The molecule has 134 valence electrons. The molecule has 1 aliphatic rings. The summed E-state index contributed by atoms with van der Waals surface area (Å²) in [6.45, 7) is 7.13. The Hall–Kier alpha value is -2.28. The van der Waals surface area contributed by atoms with Crippen LogP contribution in [0.25, 0.3) is 11.3 Å². The molecule has 1 N–H and O–H groups in total. The molecule has 0 unspecified atom stereocenters. The van der Waals surface area contributed by atoms with E-state index in [-0.39, 0.29) is 17.9 Å². The van der Waals surface area contributed by atoms with E-state index in [1.54, 1.807) is 6.20 Å². The number of rotatable bonds is 6. The number of nitrogens with zero attached hydrogens (tertiary/aromatic N) is 3. The number of hydrogen-bond donors (Lipinski definition) is 1. The third kappa shape index (κ3) is 4.22. The number of carbonyl (C=O) groups excluding carboxylic acids is 1. The molecule has 0 saturated carbocycles. The van der Waals surface area contributed by atoms with Gasteiger partial charge in [-0.05, 0) is 19.8 Å². The van der Waals surface area contributed by atoms with Crippen LogP contribution in [0.1, 0.15) is 49.8 Å². The third-order valence-electron chi connectivity index (χ3n) is 4.18. The van der Waals surface area contributed by atoms with E-state index < -0.39 is 0 Å². The van der Waals surface area contributed by atoms with E-state index in [4.69, 9.17) is 9.26 Å². The van der Waals surface area contributed by atoms with Crippen LogP contribution in [0.15, 0.2) is 16.8 Å². The monoisotopic (exact) mass is 344 g/mol. The van der Waals surface area contributed by atoms with Gasteiger partial charge < -0.3 is 14.6 Å². The highest BCUT2D eigenvalue weighted by atomic mass is 16.5. The predicted molar refractivity (Wildman–Crippen MR) is 92.0 cm³/mol. The Morgan fingerprint density at radius 2 is 2.28 bits per heavy atom. The lowest BCUT2D eigenvalue weighted by Gasteiger charge is -2.12. The molecule has 2 aromatic rings. The fourth-order valence-corrected chi connectivity index (χ4v) is 2.80. The minimum Gasteiger partial charge on any atom is -0.368 e. The summed E-state index contributed by atoms with van der Waals surface area (Å²) < 4.78 is 10.8. The maximum absolute atomic E-state index is 12.1. The van der Waals surface area contributed by atoms with Crippen molar-refractivity contribution in [1.82, 2.24) is 20.4 Å². The Kier molecular flexibility index (Phi) is 5.43. The summed E-state index contributed by atoms with van der Waals surface area (Å²) in [5, 5.41) is 6.87. The van der Waals surface area contributed by atoms with Crippen molar-refractivity contribution in [2.45, 2.75) is 52.1 Å². The second kappa shape index (κ2) is 7.74. The lowest BCUT2D eigenvalue weighted by atomic mass is 10.1. The van der Waals surface area contributed by atoms with E-state index in [1.807, 2.05) is 13.0 Å². The average Bonchev–Trinajstić information content (AvgIpc) is 3.26. The minimum atomic E-state index is -0.312. The van der Waals surface area contributed by atoms with Crippen LogP contribution in [0.2, 0.25) is 0 Å². The molecule has 1 atom stereocenters. The molecule has 1 fully saturated rings. The number of hydrogen-bond acceptors (Lipinski definition) is 6. The molecule has 1 aliphatic heterocycles. The van der Waals surface area contributed by atoms with Gasteiger partial charge in [0.2, 0.25) is 5.91 Å². The van der Waals surface area contributed by atoms with Gasteiger partial charge in [0.05, 0.1) is 17.0 Å². The number of amides is 1. The maximum Gasteiger partial charge on any atom is 0.249 e. The van der Waals surface area contributed by atoms with E-state index in [0.29, 0.717) is 25.3 Å². The van der Waals surface area contributed by atoms with Crippen LogP contribution in [-0.4, -0.2) is 40.3 Å². The number of carbonyl (C=O) groups is 1. The van der Waals surface area contributed by atoms with Gasteiger partial charge >= 0.3 is 0 Å². The summed E-state index contributed by atoms with van der Waals surface area (Å²) in [5.41, 5.74) is 2.47. The molecular weight excluding hydrogens is 320 g/mol. The zero-order chi connectivity index (χ0) is 17.8. The summed E-state index contributed by atoms with van der Waals surface area (Å²) in [5.74, 6) is 1.60. The highest BCUT2D eigenvalue weighted by Gasteiger charge is 2.23. The lowest BCUT2D eigenvalue weighted by Crippen LogP contribution is -2.35. The van der Waals surface area contributed by atoms with Crippen LogP contribution in [0.4, 0.5) is 0 Å². The Bertz CT molecular complexity index is 736. The van der Waals surface area contributed by atoms with Crippen LogP contribution >= 0.6 is 0 Å². The molecule has 0 radical (unpaired) electrons. The van der Waals surface area contributed by atoms with Gasteiger partial charge in [-0.25, -0.2) is 9.97 Å². The Balaban J connectivity index is 1.73. The fourth-order valence-electron chi connectivity index (χ4n) is 2.80. The molecule has 0 aliphatic carbocycles. The van der Waals surface area contributed by atoms with Crippen LogP contribution in [-0.2, 0) is 16.0 Å². The first-order valence-electron chi connectivity index (χ1n) is 8.73. The van der Waals surface area contributed by atoms with Gasteiger partial charge in [0, 0.05) is 37.8 Å². The Morgan fingerprint density at radius 1 is 1.44 bits per heavy atom. The smallest absolute Gasteiger partial charge is 0.249 e. The number of ether oxygens (including phenoxy) is 1. The Labute approximate surface area is 147 Å². The van der Waals surface area contributed by atoms with Crippen molar-refractivity contribution in [2.24, 2.45) is 0 Å². The van der Waals surface area contributed by atoms with Crippen LogP contribution in [0.3, 0.4) is 0 Å². The van der Waals surface area contributed by atoms with Gasteiger partial charge in [-0.1, -0.05) is 19.0 Å². The molecule has 2 aromatic heterocycles. The number of aromatic nitrogens is 3. The van der Waals surface area contributed by atoms with Crippen molar-refractivity contribution in [3.05, 3.63) is 29.5 Å². The summed E-state index contributed by atoms with van der Waals surface area (Å²) >= 11 is 0. The van der Waals surface area contributed by atoms with Gasteiger partial charge in [0.15, 0.2) is 5.76 Å². The summed E-state index contributed by atoms with van der Waals surface area (Å²) in [6.07, 6.45) is 3.79. The van der Waals surface area contributed by atoms with E-state index in [2.05, 4.69) is 34.3 Å². The highest BCUT2D eigenvalue weighted by Crippen LogP contribution is 2.24. The van der Waals surface area contributed by atoms with Crippen molar-refractivity contribution >= 4 is 5.91 Å². The van der Waals surface area contributed by atoms with Gasteiger partial charge in [-0.2, -0.15) is 0 Å². The second-order valence-corrected chi connectivity index (χ2v) is 6.62. The van der Waals surface area contributed by atoms with Crippen molar-refractivity contribution in [3.8, 4) is 11.3 Å². The second-order valence-electron chi connectivity index (χ2n) is 6.62. The maximum atomic E-state index is 12.1. The molecule has 7 heteroatoms. The molecule has 0 aromatic carbocycles. The zero-order valence-electron chi connectivity index (χ0n) is 14.9. The van der Waals surface area contributed by atoms with Crippen LogP contribution in [0.5, 0.6) is 0 Å². The average molecular weight is 344 g/mol. The third-order valence-corrected chi connectivity index (χ3v) is 4.18. The van der Waals surface area contributed by atoms with Gasteiger partial charge in [-0.15, -0.1) is 0 Å².